The van der Waals surface area contributed by atoms with Crippen molar-refractivity contribution in [3.63, 3.8) is 0 Å². The van der Waals surface area contributed by atoms with Crippen LogP contribution in [0.2, 0.25) is 0 Å². The second kappa shape index (κ2) is 6.89. The van der Waals surface area contributed by atoms with Crippen LogP contribution >= 0.6 is 15.9 Å². The van der Waals surface area contributed by atoms with E-state index in [-0.39, 0.29) is 12.5 Å². The SMILES string of the molecule is O=C(NC[C@@H](O)c1cccc2ccccc12)c1cncc(Br)c1. The van der Waals surface area contributed by atoms with Gasteiger partial charge in [-0.3, -0.25) is 9.78 Å². The molecule has 23 heavy (non-hydrogen) atoms. The number of pyridine rings is 1. The predicted molar refractivity (Wildman–Crippen MR) is 93.2 cm³/mol. The summed E-state index contributed by atoms with van der Waals surface area (Å²) in [5.41, 5.74) is 1.25. The summed E-state index contributed by atoms with van der Waals surface area (Å²) >= 11 is 3.28. The number of aliphatic hydroxyl groups excluding tert-OH is 1. The van der Waals surface area contributed by atoms with E-state index in [0.717, 1.165) is 20.8 Å². The van der Waals surface area contributed by atoms with Gasteiger partial charge < -0.3 is 10.4 Å². The van der Waals surface area contributed by atoms with Crippen molar-refractivity contribution >= 4 is 32.6 Å². The lowest BCUT2D eigenvalue weighted by Gasteiger charge is -2.14. The van der Waals surface area contributed by atoms with Gasteiger partial charge in [0.2, 0.25) is 0 Å². The summed E-state index contributed by atoms with van der Waals surface area (Å²) in [6.07, 6.45) is 2.33. The van der Waals surface area contributed by atoms with Crippen LogP contribution in [0.25, 0.3) is 10.8 Å². The normalized spacial score (nSPS) is 12.1. The van der Waals surface area contributed by atoms with Crippen molar-refractivity contribution in [3.8, 4) is 0 Å². The molecule has 0 fully saturated rings. The van der Waals surface area contributed by atoms with Gasteiger partial charge in [0.05, 0.1) is 11.7 Å². The van der Waals surface area contributed by atoms with Crippen LogP contribution in [0, 0.1) is 0 Å². The van der Waals surface area contributed by atoms with Gasteiger partial charge in [0.1, 0.15) is 0 Å². The van der Waals surface area contributed by atoms with Crippen LogP contribution in [0.5, 0.6) is 0 Å². The zero-order valence-corrected chi connectivity index (χ0v) is 13.8. The molecule has 1 aromatic heterocycles. The van der Waals surface area contributed by atoms with Crippen molar-refractivity contribution in [2.45, 2.75) is 6.10 Å². The van der Waals surface area contributed by atoms with Crippen molar-refractivity contribution in [1.82, 2.24) is 10.3 Å². The first-order valence-electron chi connectivity index (χ1n) is 7.19. The Morgan fingerprint density at radius 3 is 2.78 bits per heavy atom. The summed E-state index contributed by atoms with van der Waals surface area (Å²) in [6.45, 7) is 0.138. The molecule has 3 rings (SSSR count). The fraction of sp³-hybridized carbons (Fsp3) is 0.111. The Morgan fingerprint density at radius 2 is 1.96 bits per heavy atom. The number of carbonyl (C=O) groups excluding carboxylic acids is 1. The number of aliphatic hydroxyl groups is 1. The topological polar surface area (TPSA) is 62.2 Å². The van der Waals surface area contributed by atoms with E-state index in [4.69, 9.17) is 0 Å². The van der Waals surface area contributed by atoms with Crippen LogP contribution in [0.15, 0.2) is 65.4 Å². The third-order valence-electron chi connectivity index (χ3n) is 3.61. The Labute approximate surface area is 142 Å². The lowest BCUT2D eigenvalue weighted by atomic mass is 10.0. The maximum Gasteiger partial charge on any atom is 0.252 e. The lowest BCUT2D eigenvalue weighted by Crippen LogP contribution is -2.28. The summed E-state index contributed by atoms with van der Waals surface area (Å²) in [6, 6.07) is 15.3. The van der Waals surface area contributed by atoms with Gasteiger partial charge >= 0.3 is 0 Å². The smallest absolute Gasteiger partial charge is 0.252 e. The molecule has 0 saturated heterocycles. The van der Waals surface area contributed by atoms with Crippen molar-refractivity contribution in [2.75, 3.05) is 6.54 Å². The molecular weight excluding hydrogens is 356 g/mol. The molecule has 5 heteroatoms. The van der Waals surface area contributed by atoms with E-state index in [9.17, 15) is 9.90 Å². The van der Waals surface area contributed by atoms with Crippen molar-refractivity contribution in [3.05, 3.63) is 76.5 Å². The van der Waals surface area contributed by atoms with Crippen molar-refractivity contribution in [2.24, 2.45) is 0 Å². The minimum absolute atomic E-state index is 0.138. The van der Waals surface area contributed by atoms with Gasteiger partial charge in [0.15, 0.2) is 0 Å². The minimum Gasteiger partial charge on any atom is -0.387 e. The number of hydrogen-bond acceptors (Lipinski definition) is 3. The Bertz CT molecular complexity index is 846. The first-order chi connectivity index (χ1) is 11.1. The molecule has 2 N–H and O–H groups in total. The number of fused-ring (bicyclic) bond motifs is 1. The first kappa shape index (κ1) is 15.6. The van der Waals surface area contributed by atoms with Crippen LogP contribution < -0.4 is 5.32 Å². The molecule has 0 radical (unpaired) electrons. The van der Waals surface area contributed by atoms with E-state index >= 15 is 0 Å². The molecule has 4 nitrogen and oxygen atoms in total. The first-order valence-corrected chi connectivity index (χ1v) is 7.99. The van der Waals surface area contributed by atoms with Gasteiger partial charge in [-0.15, -0.1) is 0 Å². The molecule has 3 aromatic rings. The van der Waals surface area contributed by atoms with Gasteiger partial charge in [-0.05, 0) is 38.3 Å². The minimum atomic E-state index is -0.773. The third-order valence-corrected chi connectivity index (χ3v) is 4.04. The van der Waals surface area contributed by atoms with E-state index in [0.29, 0.717) is 5.56 Å². The highest BCUT2D eigenvalue weighted by atomic mass is 79.9. The molecule has 0 saturated carbocycles. The fourth-order valence-electron chi connectivity index (χ4n) is 2.48. The molecule has 0 aliphatic heterocycles. The van der Waals surface area contributed by atoms with Gasteiger partial charge in [-0.2, -0.15) is 0 Å². The van der Waals surface area contributed by atoms with E-state index in [1.165, 1.54) is 6.20 Å². The quantitative estimate of drug-likeness (QED) is 0.739. The zero-order valence-electron chi connectivity index (χ0n) is 12.2. The second-order valence-electron chi connectivity index (χ2n) is 5.19. The number of nitrogens with zero attached hydrogens (tertiary/aromatic N) is 1. The summed E-state index contributed by atoms with van der Waals surface area (Å²) in [5, 5.41) is 15.2. The molecule has 1 atom stereocenters. The molecule has 116 valence electrons. The average molecular weight is 371 g/mol. The van der Waals surface area contributed by atoms with Gasteiger partial charge in [-0.1, -0.05) is 42.5 Å². The molecule has 2 aromatic carbocycles. The lowest BCUT2D eigenvalue weighted by molar-refractivity contribution is 0.0916. The number of rotatable bonds is 4. The van der Waals surface area contributed by atoms with Crippen LogP contribution in [-0.4, -0.2) is 22.5 Å². The Kier molecular flexibility index (Phi) is 4.69. The van der Waals surface area contributed by atoms with Crippen LogP contribution in [-0.2, 0) is 0 Å². The number of benzene rings is 2. The number of carbonyl (C=O) groups is 1. The van der Waals surface area contributed by atoms with Crippen LogP contribution in [0.1, 0.15) is 22.0 Å². The fourth-order valence-corrected chi connectivity index (χ4v) is 2.84. The third kappa shape index (κ3) is 3.57. The largest absolute Gasteiger partial charge is 0.387 e. The van der Waals surface area contributed by atoms with Crippen molar-refractivity contribution in [1.29, 1.82) is 0 Å². The molecule has 0 spiro atoms. The van der Waals surface area contributed by atoms with E-state index in [1.807, 2.05) is 42.5 Å². The number of hydrogen-bond donors (Lipinski definition) is 2. The zero-order chi connectivity index (χ0) is 16.2. The molecule has 0 bridgehead atoms. The Morgan fingerprint density at radius 1 is 1.17 bits per heavy atom. The highest BCUT2D eigenvalue weighted by molar-refractivity contribution is 9.10. The van der Waals surface area contributed by atoms with Crippen molar-refractivity contribution < 1.29 is 9.90 Å². The average Bonchev–Trinajstić information content (AvgIpc) is 2.59. The number of amides is 1. The van der Waals surface area contributed by atoms with Gasteiger partial charge in [0.25, 0.3) is 5.91 Å². The molecule has 0 aliphatic carbocycles. The summed E-state index contributed by atoms with van der Waals surface area (Å²) in [4.78, 5) is 16.1. The summed E-state index contributed by atoms with van der Waals surface area (Å²) < 4.78 is 0.736. The Balaban J connectivity index is 1.74. The second-order valence-corrected chi connectivity index (χ2v) is 6.10. The standard InChI is InChI=1S/C18H15BrN2O2/c19-14-8-13(9-20-10-14)18(23)21-11-17(22)16-7-3-5-12-4-1-2-6-15(12)16/h1-10,17,22H,11H2,(H,21,23)/t17-/m1/s1. The van der Waals surface area contributed by atoms with E-state index in [2.05, 4.69) is 26.2 Å². The van der Waals surface area contributed by atoms with E-state index in [1.54, 1.807) is 12.3 Å². The van der Waals surface area contributed by atoms with Gasteiger partial charge in [0, 0.05) is 23.4 Å². The number of nitrogens with one attached hydrogen (secondary N) is 1. The van der Waals surface area contributed by atoms with Gasteiger partial charge in [-0.25, -0.2) is 0 Å². The van der Waals surface area contributed by atoms with E-state index < -0.39 is 6.10 Å². The molecule has 1 heterocycles. The highest BCUT2D eigenvalue weighted by Gasteiger charge is 2.13. The Hall–Kier alpha value is -2.24. The highest BCUT2D eigenvalue weighted by Crippen LogP contribution is 2.23. The molecular formula is C18H15BrN2O2. The molecule has 0 unspecified atom stereocenters. The maximum atomic E-state index is 12.1. The molecule has 0 aliphatic rings. The number of aromatic nitrogens is 1. The maximum absolute atomic E-state index is 12.1. The summed E-state index contributed by atoms with van der Waals surface area (Å²) in [5.74, 6) is -0.266. The molecule has 1 amide bonds. The van der Waals surface area contributed by atoms with Crippen LogP contribution in [0.3, 0.4) is 0 Å². The predicted octanol–water partition coefficient (Wildman–Crippen LogP) is 3.46. The summed E-state index contributed by atoms with van der Waals surface area (Å²) in [7, 11) is 0. The van der Waals surface area contributed by atoms with Crippen LogP contribution in [0.4, 0.5) is 0 Å². The number of halogens is 1. The monoisotopic (exact) mass is 370 g/mol.